The van der Waals surface area contributed by atoms with Gasteiger partial charge < -0.3 is 0 Å². The number of benzene rings is 11. The van der Waals surface area contributed by atoms with Crippen LogP contribution in [0, 0.1) is 0 Å². The molecule has 0 amide bonds. The smallest absolute Gasteiger partial charge is 0.00201 e. The predicted molar refractivity (Wildman–Crippen MR) is 217 cm³/mol. The van der Waals surface area contributed by atoms with Gasteiger partial charge in [-0.3, -0.25) is 0 Å². The Bertz CT molecular complexity index is 3140. The van der Waals surface area contributed by atoms with Crippen LogP contribution in [0.15, 0.2) is 182 Å². The van der Waals surface area contributed by atoms with Gasteiger partial charge in [-0.1, -0.05) is 158 Å². The Morgan fingerprint density at radius 1 is 0.180 bits per heavy atom. The lowest BCUT2D eigenvalue weighted by Gasteiger charge is -2.20. The van der Waals surface area contributed by atoms with Crippen LogP contribution in [0.25, 0.3) is 108 Å². The van der Waals surface area contributed by atoms with E-state index in [4.69, 9.17) is 0 Å². The summed E-state index contributed by atoms with van der Waals surface area (Å²) >= 11 is 0. The highest BCUT2D eigenvalue weighted by atomic mass is 14.2. The SMILES string of the molecule is c1cc(-c2c3ccccc3c(-c3cccc4cc5ccc6ccccc6c5cc34)c3ccccc23)c2cc3ccc4ccccc4c3cc2c1. The topological polar surface area (TPSA) is 0 Å². The third-order valence-corrected chi connectivity index (χ3v) is 11.0. The molecule has 0 saturated heterocycles. The third-order valence-electron chi connectivity index (χ3n) is 11.0. The van der Waals surface area contributed by atoms with Crippen molar-refractivity contribution < 1.29 is 0 Å². The van der Waals surface area contributed by atoms with Crippen molar-refractivity contribution in [1.29, 1.82) is 0 Å². The maximum absolute atomic E-state index is 2.43. The van der Waals surface area contributed by atoms with E-state index in [9.17, 15) is 0 Å². The van der Waals surface area contributed by atoms with Crippen LogP contribution in [0.5, 0.6) is 0 Å². The Hall–Kier alpha value is -6.50. The van der Waals surface area contributed by atoms with Gasteiger partial charge in [-0.2, -0.15) is 0 Å². The zero-order chi connectivity index (χ0) is 32.8. The first-order valence-electron chi connectivity index (χ1n) is 17.4. The normalized spacial score (nSPS) is 12.0. The van der Waals surface area contributed by atoms with E-state index in [1.54, 1.807) is 0 Å². The van der Waals surface area contributed by atoms with Crippen molar-refractivity contribution in [3.05, 3.63) is 182 Å². The molecular weight excluding hydrogens is 601 g/mol. The molecule has 0 spiro atoms. The first kappa shape index (κ1) is 27.5. The summed E-state index contributed by atoms with van der Waals surface area (Å²) < 4.78 is 0. The standard InChI is InChI=1S/C50H30/c1-3-15-37-31(11-1)24-26-36-29-46-34(28-45(36)37)14-10-21-43(46)49-39-17-5-7-19-41(39)50(42-20-8-6-18-40(42)49)44-22-9-13-33-27-35-25-23-32-12-2-4-16-38(32)47(35)30-48(33)44/h1-30H. The number of hydrogen-bond acceptors (Lipinski definition) is 0. The van der Waals surface area contributed by atoms with Crippen molar-refractivity contribution in [2.75, 3.05) is 0 Å². The fraction of sp³-hybridized carbons (Fsp3) is 0. The molecule has 0 N–H and O–H groups in total. The molecule has 0 aliphatic carbocycles. The van der Waals surface area contributed by atoms with E-state index < -0.39 is 0 Å². The quantitative estimate of drug-likeness (QED) is 0.132. The molecule has 0 aliphatic heterocycles. The summed E-state index contributed by atoms with van der Waals surface area (Å²) in [7, 11) is 0. The summed E-state index contributed by atoms with van der Waals surface area (Å²) in [6, 6.07) is 67.8. The van der Waals surface area contributed by atoms with E-state index in [0.29, 0.717) is 0 Å². The average Bonchev–Trinajstić information content (AvgIpc) is 3.18. The lowest BCUT2D eigenvalue weighted by atomic mass is 9.83. The van der Waals surface area contributed by atoms with Gasteiger partial charge in [0.25, 0.3) is 0 Å². The maximum Gasteiger partial charge on any atom is -0.00201 e. The van der Waals surface area contributed by atoms with Gasteiger partial charge in [-0.15, -0.1) is 0 Å². The minimum Gasteiger partial charge on any atom is -0.0616 e. The molecule has 0 aliphatic rings. The van der Waals surface area contributed by atoms with E-state index in [1.807, 2.05) is 0 Å². The molecule has 11 aromatic rings. The van der Waals surface area contributed by atoms with Crippen LogP contribution in [0.1, 0.15) is 0 Å². The molecule has 50 heavy (non-hydrogen) atoms. The van der Waals surface area contributed by atoms with Crippen LogP contribution in [-0.2, 0) is 0 Å². The molecule has 0 unspecified atom stereocenters. The number of rotatable bonds is 2. The molecule has 0 heteroatoms. The van der Waals surface area contributed by atoms with E-state index in [1.165, 1.54) is 108 Å². The Kier molecular flexibility index (Phi) is 5.76. The molecule has 11 rings (SSSR count). The van der Waals surface area contributed by atoms with Gasteiger partial charge in [0.15, 0.2) is 0 Å². The molecule has 0 atom stereocenters. The van der Waals surface area contributed by atoms with Gasteiger partial charge in [0.2, 0.25) is 0 Å². The summed E-state index contributed by atoms with van der Waals surface area (Å²) in [6.45, 7) is 0. The van der Waals surface area contributed by atoms with Crippen molar-refractivity contribution in [1.82, 2.24) is 0 Å². The molecule has 0 fully saturated rings. The van der Waals surface area contributed by atoms with Crippen molar-refractivity contribution in [3.8, 4) is 22.3 Å². The predicted octanol–water partition coefficient (Wildman–Crippen LogP) is 14.2. The van der Waals surface area contributed by atoms with Crippen LogP contribution in [0.3, 0.4) is 0 Å². The monoisotopic (exact) mass is 630 g/mol. The second-order valence-electron chi connectivity index (χ2n) is 13.6. The molecule has 0 heterocycles. The lowest BCUT2D eigenvalue weighted by Crippen LogP contribution is -1.92. The van der Waals surface area contributed by atoms with Gasteiger partial charge in [-0.05, 0) is 133 Å². The highest BCUT2D eigenvalue weighted by Crippen LogP contribution is 2.47. The zero-order valence-electron chi connectivity index (χ0n) is 27.3. The van der Waals surface area contributed by atoms with Crippen LogP contribution >= 0.6 is 0 Å². The summed E-state index contributed by atoms with van der Waals surface area (Å²) in [4.78, 5) is 0. The van der Waals surface area contributed by atoms with Crippen molar-refractivity contribution in [2.45, 2.75) is 0 Å². The van der Waals surface area contributed by atoms with E-state index in [0.717, 1.165) is 0 Å². The maximum atomic E-state index is 2.43. The fourth-order valence-electron chi connectivity index (χ4n) is 8.71. The zero-order valence-corrected chi connectivity index (χ0v) is 27.3. The molecule has 0 bridgehead atoms. The second-order valence-corrected chi connectivity index (χ2v) is 13.6. The minimum atomic E-state index is 1.26. The Morgan fingerprint density at radius 2 is 0.520 bits per heavy atom. The van der Waals surface area contributed by atoms with Crippen LogP contribution in [0.2, 0.25) is 0 Å². The van der Waals surface area contributed by atoms with Gasteiger partial charge in [-0.25, -0.2) is 0 Å². The van der Waals surface area contributed by atoms with E-state index >= 15 is 0 Å². The summed E-state index contributed by atoms with van der Waals surface area (Å²) in [6.07, 6.45) is 0. The summed E-state index contributed by atoms with van der Waals surface area (Å²) in [5.74, 6) is 0. The largest absolute Gasteiger partial charge is 0.0616 e. The Balaban J connectivity index is 1.24. The van der Waals surface area contributed by atoms with Crippen LogP contribution in [0.4, 0.5) is 0 Å². The van der Waals surface area contributed by atoms with Crippen LogP contribution < -0.4 is 0 Å². The summed E-state index contributed by atoms with van der Waals surface area (Å²) in [5, 5.41) is 20.5. The average molecular weight is 631 g/mol. The lowest BCUT2D eigenvalue weighted by molar-refractivity contribution is 1.70. The van der Waals surface area contributed by atoms with Gasteiger partial charge in [0.1, 0.15) is 0 Å². The van der Waals surface area contributed by atoms with Crippen molar-refractivity contribution >= 4 is 86.2 Å². The van der Waals surface area contributed by atoms with Crippen molar-refractivity contribution in [2.24, 2.45) is 0 Å². The molecule has 0 saturated carbocycles. The van der Waals surface area contributed by atoms with Gasteiger partial charge in [0, 0.05) is 0 Å². The molecule has 230 valence electrons. The summed E-state index contributed by atoms with van der Waals surface area (Å²) in [5.41, 5.74) is 5.13. The Labute approximate surface area is 289 Å². The van der Waals surface area contributed by atoms with Crippen LogP contribution in [-0.4, -0.2) is 0 Å². The Morgan fingerprint density at radius 3 is 1.06 bits per heavy atom. The highest BCUT2D eigenvalue weighted by molar-refractivity contribution is 6.27. The van der Waals surface area contributed by atoms with Gasteiger partial charge in [0.05, 0.1) is 0 Å². The molecular formula is C50H30. The highest BCUT2D eigenvalue weighted by Gasteiger charge is 2.20. The molecule has 11 aromatic carbocycles. The number of hydrogen-bond donors (Lipinski definition) is 0. The van der Waals surface area contributed by atoms with Crippen molar-refractivity contribution in [3.63, 3.8) is 0 Å². The first-order valence-corrected chi connectivity index (χ1v) is 17.4. The molecule has 0 nitrogen and oxygen atoms in total. The minimum absolute atomic E-state index is 1.26. The number of fused-ring (bicyclic) bond motifs is 10. The van der Waals surface area contributed by atoms with E-state index in [-0.39, 0.29) is 0 Å². The third kappa shape index (κ3) is 3.94. The second kappa shape index (κ2) is 10.5. The first-order chi connectivity index (χ1) is 24.8. The fourth-order valence-corrected chi connectivity index (χ4v) is 8.71. The molecule has 0 radical (unpaired) electrons. The van der Waals surface area contributed by atoms with E-state index in [2.05, 4.69) is 182 Å². The van der Waals surface area contributed by atoms with Gasteiger partial charge >= 0.3 is 0 Å². The molecule has 0 aromatic heterocycles.